The topological polar surface area (TPSA) is 26.3 Å². The summed E-state index contributed by atoms with van der Waals surface area (Å²) in [5.41, 5.74) is 6.91. The van der Waals surface area contributed by atoms with Crippen molar-refractivity contribution < 1.29 is 8.39 Å². The molecule has 0 fully saturated rings. The second-order valence-electron chi connectivity index (χ2n) is 14.2. The second kappa shape index (κ2) is 8.81. The van der Waals surface area contributed by atoms with E-state index in [1.807, 2.05) is 0 Å². The Morgan fingerprint density at radius 1 is 0.583 bits per heavy atom. The Morgan fingerprint density at radius 2 is 1.00 bits per heavy atom. The summed E-state index contributed by atoms with van der Waals surface area (Å²) in [7, 11) is -1.32. The van der Waals surface area contributed by atoms with Crippen molar-refractivity contribution in [3.05, 3.63) is 63.3 Å². The highest BCUT2D eigenvalue weighted by atomic mass is 32.1. The quantitative estimate of drug-likeness (QED) is 0.248. The monoisotopic (exact) mass is 522 g/mol. The van der Waals surface area contributed by atoms with E-state index in [1.54, 1.807) is 11.3 Å². The fourth-order valence-electron chi connectivity index (χ4n) is 4.49. The summed E-state index contributed by atoms with van der Waals surface area (Å²) >= 11 is 1.69. The van der Waals surface area contributed by atoms with Gasteiger partial charge in [0.2, 0.25) is 0 Å². The van der Waals surface area contributed by atoms with Gasteiger partial charge in [-0.1, -0.05) is 95.2 Å². The first kappa shape index (κ1) is 27.1. The number of fused-ring (bicyclic) bond motifs is 3. The number of hydrogen-bond acceptors (Lipinski definition) is 3. The molecule has 0 spiro atoms. The molecule has 0 aliphatic heterocycles. The minimum atomic E-state index is -1.32. The van der Waals surface area contributed by atoms with Crippen LogP contribution in [0.25, 0.3) is 27.2 Å². The van der Waals surface area contributed by atoms with Crippen LogP contribution in [-0.4, -0.2) is 0 Å². The highest BCUT2D eigenvalue weighted by Gasteiger charge is 2.28. The van der Waals surface area contributed by atoms with Crippen molar-refractivity contribution in [2.75, 3.05) is 0 Å². The van der Waals surface area contributed by atoms with Crippen LogP contribution in [-0.2, 0) is 21.7 Å². The fraction of sp³-hybridized carbons (Fsp3) is 0.500. The van der Waals surface area contributed by atoms with Crippen LogP contribution in [0.3, 0.4) is 0 Å². The summed E-state index contributed by atoms with van der Waals surface area (Å²) in [6.45, 7) is 27.4. The molecule has 4 aromatic rings. The molecule has 0 radical (unpaired) electrons. The highest BCUT2D eigenvalue weighted by Crippen LogP contribution is 2.49. The first-order valence-electron chi connectivity index (χ1n) is 12.9. The van der Waals surface area contributed by atoms with Crippen molar-refractivity contribution in [3.63, 3.8) is 0 Å². The van der Waals surface area contributed by atoms with E-state index in [0.29, 0.717) is 0 Å². The second-order valence-corrected chi connectivity index (χ2v) is 16.4. The molecular weight excluding hydrogens is 479 g/mol. The van der Waals surface area contributed by atoms with E-state index in [4.69, 9.17) is 8.39 Å². The third kappa shape index (κ3) is 5.20. The minimum absolute atomic E-state index is 0.00887. The van der Waals surface area contributed by atoms with Crippen molar-refractivity contribution >= 4 is 41.3 Å². The van der Waals surface area contributed by atoms with Gasteiger partial charge >= 0.3 is 0 Å². The van der Waals surface area contributed by atoms with Crippen LogP contribution in [0.4, 0.5) is 0 Å². The van der Waals surface area contributed by atoms with Crippen molar-refractivity contribution in [1.29, 1.82) is 0 Å². The molecule has 2 heterocycles. The van der Waals surface area contributed by atoms with E-state index in [2.05, 4.69) is 124 Å². The molecule has 194 valence electrons. The standard InChI is InChI=1S/C32H43O2PS/c1-29(2,3)20-15-23-24-16-21(30(4,5)6)18-26(32(10,11)12)28(24)34-35(22-13-14-36-19-22)33-27(23)25(17-20)31(7,8)9/h13-19H,1-12H3. The van der Waals surface area contributed by atoms with Crippen LogP contribution >= 0.6 is 19.4 Å². The van der Waals surface area contributed by atoms with Crippen LogP contribution in [0.2, 0.25) is 0 Å². The summed E-state index contributed by atoms with van der Waals surface area (Å²) in [5.74, 6) is 0. The lowest BCUT2D eigenvalue weighted by atomic mass is 9.77. The molecule has 2 nitrogen and oxygen atoms in total. The Hall–Kier alpha value is -1.96. The molecule has 0 unspecified atom stereocenters. The normalized spacial score (nSPS) is 13.6. The lowest BCUT2D eigenvalue weighted by Gasteiger charge is -2.27. The molecule has 4 rings (SSSR count). The molecule has 0 N–H and O–H groups in total. The van der Waals surface area contributed by atoms with E-state index in [0.717, 1.165) is 27.2 Å². The first-order chi connectivity index (χ1) is 16.4. The maximum atomic E-state index is 6.95. The summed E-state index contributed by atoms with van der Waals surface area (Å²) < 4.78 is 13.9. The van der Waals surface area contributed by atoms with E-state index in [9.17, 15) is 0 Å². The minimum Gasteiger partial charge on any atom is -0.415 e. The van der Waals surface area contributed by atoms with E-state index < -0.39 is 8.01 Å². The van der Waals surface area contributed by atoms with Crippen molar-refractivity contribution in [1.82, 2.24) is 0 Å². The third-order valence-electron chi connectivity index (χ3n) is 6.88. The van der Waals surface area contributed by atoms with Crippen LogP contribution in [0.5, 0.6) is 0 Å². The van der Waals surface area contributed by atoms with Gasteiger partial charge in [0.1, 0.15) is 11.2 Å². The van der Waals surface area contributed by atoms with Crippen LogP contribution in [0.15, 0.2) is 49.5 Å². The van der Waals surface area contributed by atoms with Gasteiger partial charge in [-0.05, 0) is 56.4 Å². The number of hydrogen-bond donors (Lipinski definition) is 0. The predicted octanol–water partition coefficient (Wildman–Crippen LogP) is 11.5. The molecule has 0 aliphatic rings. The van der Waals surface area contributed by atoms with Gasteiger partial charge in [-0.15, -0.1) is 0 Å². The lowest BCUT2D eigenvalue weighted by Crippen LogP contribution is -2.17. The molecule has 0 atom stereocenters. The Balaban J connectivity index is 2.39. The maximum absolute atomic E-state index is 6.95. The summed E-state index contributed by atoms with van der Waals surface area (Å²) in [5, 5.41) is 7.70. The molecule has 36 heavy (non-hydrogen) atoms. The molecule has 4 heteroatoms. The molecule has 0 saturated carbocycles. The largest absolute Gasteiger partial charge is 0.415 e. The molecule has 0 saturated heterocycles. The van der Waals surface area contributed by atoms with Crippen molar-refractivity contribution in [2.24, 2.45) is 0 Å². The Labute approximate surface area is 222 Å². The number of thiophene rings is 1. The zero-order valence-corrected chi connectivity index (χ0v) is 25.9. The van der Waals surface area contributed by atoms with Gasteiger partial charge in [0, 0.05) is 27.3 Å². The van der Waals surface area contributed by atoms with Crippen molar-refractivity contribution in [2.45, 2.75) is 105 Å². The predicted molar refractivity (Wildman–Crippen MR) is 160 cm³/mol. The van der Waals surface area contributed by atoms with Gasteiger partial charge in [-0.2, -0.15) is 11.3 Å². The van der Waals surface area contributed by atoms with Gasteiger partial charge in [-0.3, -0.25) is 0 Å². The number of rotatable bonds is 1. The van der Waals surface area contributed by atoms with E-state index in [-0.39, 0.29) is 21.7 Å². The molecule has 2 aromatic carbocycles. The average molecular weight is 523 g/mol. The van der Waals surface area contributed by atoms with Crippen LogP contribution in [0, 0.1) is 0 Å². The van der Waals surface area contributed by atoms with Gasteiger partial charge in [0.05, 0.1) is 5.30 Å². The van der Waals surface area contributed by atoms with E-state index >= 15 is 0 Å². The fourth-order valence-corrected chi connectivity index (χ4v) is 6.80. The van der Waals surface area contributed by atoms with Crippen molar-refractivity contribution in [3.8, 4) is 5.30 Å². The Morgan fingerprint density at radius 3 is 1.31 bits per heavy atom. The van der Waals surface area contributed by atoms with Gasteiger partial charge in [-0.25, -0.2) is 0 Å². The Bertz CT molecular complexity index is 1350. The van der Waals surface area contributed by atoms with Gasteiger partial charge < -0.3 is 8.39 Å². The highest BCUT2D eigenvalue weighted by molar-refractivity contribution is 7.46. The van der Waals surface area contributed by atoms with E-state index in [1.165, 1.54) is 22.3 Å². The van der Waals surface area contributed by atoms with Gasteiger partial charge in [0.15, 0.2) is 0 Å². The lowest BCUT2D eigenvalue weighted by molar-refractivity contribution is 0.557. The third-order valence-corrected chi connectivity index (χ3v) is 9.14. The summed E-state index contributed by atoms with van der Waals surface area (Å²) in [6, 6.07) is 11.6. The summed E-state index contributed by atoms with van der Waals surface area (Å²) in [6.07, 6.45) is 0. The van der Waals surface area contributed by atoms with Gasteiger partial charge in [0.25, 0.3) is 8.01 Å². The number of benzene rings is 2. The zero-order chi connectivity index (χ0) is 26.8. The average Bonchev–Trinajstić information content (AvgIpc) is 3.19. The SMILES string of the molecule is CC(C)(C)c1cc(C(C)(C)C)c2op(-c3ccsc3)oc3c(C(C)(C)C)cc(C(C)(C)C)cc3c2c1. The zero-order valence-electron chi connectivity index (χ0n) is 24.2. The van der Waals surface area contributed by atoms with Crippen LogP contribution < -0.4 is 0 Å². The smallest absolute Gasteiger partial charge is 0.253 e. The molecule has 0 amide bonds. The first-order valence-corrected chi connectivity index (χ1v) is 15.1. The van der Waals surface area contributed by atoms with Crippen LogP contribution in [0.1, 0.15) is 105 Å². The molecular formula is C32H43O2PS. The molecule has 0 aliphatic carbocycles. The summed E-state index contributed by atoms with van der Waals surface area (Å²) in [4.78, 5) is 0. The molecule has 2 aromatic heterocycles. The Kier molecular flexibility index (Phi) is 6.63. The maximum Gasteiger partial charge on any atom is 0.253 e. The molecule has 0 bridgehead atoms.